The molecule has 4 nitrogen and oxygen atoms in total. The lowest BCUT2D eigenvalue weighted by Gasteiger charge is -1.99. The molecule has 6 heteroatoms. The number of terminal acetylenes is 1. The lowest BCUT2D eigenvalue weighted by atomic mass is 10.3. The molecule has 0 atom stereocenters. The number of amides is 2. The van der Waals surface area contributed by atoms with E-state index in [9.17, 15) is 4.79 Å². The van der Waals surface area contributed by atoms with Gasteiger partial charge in [-0.3, -0.25) is 0 Å². The van der Waals surface area contributed by atoms with Crippen molar-refractivity contribution in [1.82, 2.24) is 9.88 Å². The first-order chi connectivity index (χ1) is 8.65. The zero-order valence-electron chi connectivity index (χ0n) is 9.61. The molecule has 1 aromatic heterocycles. The number of nitrogens with one attached hydrogen (secondary N) is 1. The molecule has 1 N–H and O–H groups in total. The number of fused-ring (bicyclic) bond motifs is 1. The third kappa shape index (κ3) is 2.40. The van der Waals surface area contributed by atoms with Crippen LogP contribution in [0.4, 0.5) is 4.79 Å². The van der Waals surface area contributed by atoms with E-state index in [0.717, 1.165) is 10.2 Å². The Labute approximate surface area is 113 Å². The standard InChI is InChI=1S/C12H10ClN3OS/c1-3-6-16-9-5-4-8(13)7-10(9)18-12(16)15-11(17)14-2/h1,4-5,7H,6H2,2H3,(H,14,17)/b15-12-. The first kappa shape index (κ1) is 12.7. The summed E-state index contributed by atoms with van der Waals surface area (Å²) in [5, 5.41) is 3.09. The highest BCUT2D eigenvalue weighted by Gasteiger charge is 2.06. The summed E-state index contributed by atoms with van der Waals surface area (Å²) in [5.41, 5.74) is 0.921. The van der Waals surface area contributed by atoms with E-state index in [2.05, 4.69) is 16.2 Å². The van der Waals surface area contributed by atoms with Gasteiger partial charge < -0.3 is 9.88 Å². The SMILES string of the molecule is C#CCn1/c(=N/C(=O)NC)sc2cc(Cl)ccc21. The molecule has 0 aliphatic heterocycles. The van der Waals surface area contributed by atoms with Crippen molar-refractivity contribution >= 4 is 39.2 Å². The molecular formula is C12H10ClN3OS. The highest BCUT2D eigenvalue weighted by molar-refractivity contribution is 7.16. The fourth-order valence-corrected chi connectivity index (χ4v) is 2.82. The number of benzene rings is 1. The fourth-order valence-electron chi connectivity index (χ4n) is 1.52. The maximum absolute atomic E-state index is 11.3. The van der Waals surface area contributed by atoms with Crippen LogP contribution in [0.15, 0.2) is 23.2 Å². The molecule has 0 aliphatic carbocycles. The summed E-state index contributed by atoms with van der Waals surface area (Å²) < 4.78 is 2.76. The maximum Gasteiger partial charge on any atom is 0.343 e. The lowest BCUT2D eigenvalue weighted by Crippen LogP contribution is -2.21. The van der Waals surface area contributed by atoms with Gasteiger partial charge in [0, 0.05) is 12.1 Å². The van der Waals surface area contributed by atoms with Gasteiger partial charge in [-0.2, -0.15) is 4.99 Å². The molecular weight excluding hydrogens is 270 g/mol. The van der Waals surface area contributed by atoms with E-state index in [4.69, 9.17) is 18.0 Å². The maximum atomic E-state index is 11.3. The molecule has 1 heterocycles. The Morgan fingerprint density at radius 1 is 1.67 bits per heavy atom. The summed E-state index contributed by atoms with van der Waals surface area (Å²) >= 11 is 7.31. The first-order valence-corrected chi connectivity index (χ1v) is 6.34. The second-order valence-corrected chi connectivity index (χ2v) is 4.90. The van der Waals surface area contributed by atoms with E-state index < -0.39 is 6.03 Å². The van der Waals surface area contributed by atoms with Gasteiger partial charge in [-0.05, 0) is 18.2 Å². The Morgan fingerprint density at radius 2 is 2.44 bits per heavy atom. The van der Waals surface area contributed by atoms with Gasteiger partial charge in [0.15, 0.2) is 4.80 Å². The van der Waals surface area contributed by atoms with Gasteiger partial charge in [0.2, 0.25) is 0 Å². The molecule has 0 bridgehead atoms. The largest absolute Gasteiger partial charge is 0.343 e. The van der Waals surface area contributed by atoms with Gasteiger partial charge in [-0.25, -0.2) is 4.79 Å². The van der Waals surface area contributed by atoms with Crippen LogP contribution in [0.1, 0.15) is 0 Å². The highest BCUT2D eigenvalue weighted by atomic mass is 35.5. The molecule has 18 heavy (non-hydrogen) atoms. The average Bonchev–Trinajstić information content (AvgIpc) is 2.67. The Morgan fingerprint density at radius 3 is 3.11 bits per heavy atom. The number of hydrogen-bond donors (Lipinski definition) is 1. The van der Waals surface area contributed by atoms with E-state index in [-0.39, 0.29) is 0 Å². The fraction of sp³-hybridized carbons (Fsp3) is 0.167. The molecule has 0 fully saturated rings. The first-order valence-electron chi connectivity index (χ1n) is 5.14. The lowest BCUT2D eigenvalue weighted by molar-refractivity contribution is 0.250. The minimum Gasteiger partial charge on any atom is -0.339 e. The smallest absolute Gasteiger partial charge is 0.339 e. The second kappa shape index (κ2) is 5.25. The van der Waals surface area contributed by atoms with E-state index in [0.29, 0.717) is 16.4 Å². The Kier molecular flexibility index (Phi) is 3.70. The van der Waals surface area contributed by atoms with Crippen molar-refractivity contribution in [1.29, 1.82) is 0 Å². The summed E-state index contributed by atoms with van der Waals surface area (Å²) in [7, 11) is 1.53. The normalized spacial score (nSPS) is 11.5. The van der Waals surface area contributed by atoms with Crippen molar-refractivity contribution < 1.29 is 4.79 Å². The molecule has 0 aliphatic rings. The van der Waals surface area contributed by atoms with Gasteiger partial charge in [-0.15, -0.1) is 6.42 Å². The predicted octanol–water partition coefficient (Wildman–Crippen LogP) is 2.23. The summed E-state index contributed by atoms with van der Waals surface area (Å²) in [6.07, 6.45) is 5.34. The Balaban J connectivity index is 2.73. The molecule has 0 radical (unpaired) electrons. The van der Waals surface area contributed by atoms with Crippen molar-refractivity contribution in [3.63, 3.8) is 0 Å². The van der Waals surface area contributed by atoms with Crippen LogP contribution in [-0.2, 0) is 6.54 Å². The zero-order chi connectivity index (χ0) is 13.1. The highest BCUT2D eigenvalue weighted by Crippen LogP contribution is 2.21. The minimum atomic E-state index is -0.404. The number of thiazole rings is 1. The molecule has 2 rings (SSSR count). The Hall–Kier alpha value is -1.77. The van der Waals surface area contributed by atoms with E-state index in [1.807, 2.05) is 16.7 Å². The summed E-state index contributed by atoms with van der Waals surface area (Å²) in [6, 6.07) is 5.08. The van der Waals surface area contributed by atoms with Crippen molar-refractivity contribution in [2.75, 3.05) is 7.05 Å². The van der Waals surface area contributed by atoms with Crippen LogP contribution >= 0.6 is 22.9 Å². The van der Waals surface area contributed by atoms with Crippen LogP contribution in [-0.4, -0.2) is 17.6 Å². The van der Waals surface area contributed by atoms with Gasteiger partial charge in [0.25, 0.3) is 0 Å². The Bertz CT molecular complexity index is 708. The van der Waals surface area contributed by atoms with E-state index >= 15 is 0 Å². The number of halogens is 1. The van der Waals surface area contributed by atoms with Gasteiger partial charge in [0.1, 0.15) is 0 Å². The van der Waals surface area contributed by atoms with Crippen LogP contribution in [0.25, 0.3) is 10.2 Å². The quantitative estimate of drug-likeness (QED) is 0.800. The number of urea groups is 1. The van der Waals surface area contributed by atoms with Crippen LogP contribution in [0.2, 0.25) is 5.02 Å². The molecule has 0 spiro atoms. The third-order valence-electron chi connectivity index (χ3n) is 2.31. The van der Waals surface area contributed by atoms with Crippen LogP contribution in [0.5, 0.6) is 0 Å². The topological polar surface area (TPSA) is 46.4 Å². The number of nitrogens with zero attached hydrogens (tertiary/aromatic N) is 2. The summed E-state index contributed by atoms with van der Waals surface area (Å²) in [5.74, 6) is 2.55. The van der Waals surface area contributed by atoms with Crippen molar-refractivity contribution in [2.24, 2.45) is 4.99 Å². The van der Waals surface area contributed by atoms with Gasteiger partial charge in [-0.1, -0.05) is 28.9 Å². The summed E-state index contributed by atoms with van der Waals surface area (Å²) in [6.45, 7) is 0.359. The summed E-state index contributed by atoms with van der Waals surface area (Å²) in [4.78, 5) is 15.8. The van der Waals surface area contributed by atoms with Crippen molar-refractivity contribution in [3.8, 4) is 12.3 Å². The zero-order valence-corrected chi connectivity index (χ0v) is 11.2. The van der Waals surface area contributed by atoms with Crippen LogP contribution < -0.4 is 10.1 Å². The van der Waals surface area contributed by atoms with E-state index in [1.54, 1.807) is 6.07 Å². The molecule has 0 unspecified atom stereocenters. The molecule has 0 saturated carbocycles. The second-order valence-electron chi connectivity index (χ2n) is 3.45. The number of hydrogen-bond acceptors (Lipinski definition) is 2. The number of carbonyl (C=O) groups is 1. The number of aromatic nitrogens is 1. The van der Waals surface area contributed by atoms with Gasteiger partial charge >= 0.3 is 6.03 Å². The molecule has 92 valence electrons. The van der Waals surface area contributed by atoms with Crippen molar-refractivity contribution in [2.45, 2.75) is 6.54 Å². The number of rotatable bonds is 1. The molecule has 2 aromatic rings. The van der Waals surface area contributed by atoms with Crippen LogP contribution in [0, 0.1) is 12.3 Å². The van der Waals surface area contributed by atoms with Crippen LogP contribution in [0.3, 0.4) is 0 Å². The predicted molar refractivity (Wildman–Crippen MR) is 73.7 cm³/mol. The molecule has 1 aromatic carbocycles. The average molecular weight is 280 g/mol. The minimum absolute atomic E-state index is 0.359. The molecule has 0 saturated heterocycles. The van der Waals surface area contributed by atoms with Gasteiger partial charge in [0.05, 0.1) is 16.8 Å². The molecule has 2 amide bonds. The number of carbonyl (C=O) groups excluding carboxylic acids is 1. The third-order valence-corrected chi connectivity index (χ3v) is 3.58. The monoisotopic (exact) mass is 279 g/mol. The van der Waals surface area contributed by atoms with Crippen molar-refractivity contribution in [3.05, 3.63) is 28.0 Å². The van der Waals surface area contributed by atoms with E-state index in [1.165, 1.54) is 18.4 Å².